The molecule has 0 spiro atoms. The van der Waals surface area contributed by atoms with E-state index in [1.54, 1.807) is 57.2 Å². The Kier molecular flexibility index (Phi) is 5.72. The Hall–Kier alpha value is -2.07. The first-order valence-corrected chi connectivity index (χ1v) is 9.70. The number of phenolic OH excluding ortho intramolecular Hbond substituents is 3. The van der Waals surface area contributed by atoms with Crippen molar-refractivity contribution in [3.05, 3.63) is 84.8 Å². The Morgan fingerprint density at radius 2 is 0.786 bits per heavy atom. The molecule has 0 amide bonds. The standard InChI is InChI=1S/C22H19Cl3O3/c1-10-4-13(23)7-16(20(10)26)19(17-8-14(24)5-11(2)21(17)27)18-9-15(25)6-12(3)22(18)28/h4-9,19,26-28H,1-3H3. The highest BCUT2D eigenvalue weighted by atomic mass is 35.5. The minimum Gasteiger partial charge on any atom is -0.507 e. The van der Waals surface area contributed by atoms with Crippen LogP contribution in [0.4, 0.5) is 0 Å². The van der Waals surface area contributed by atoms with E-state index in [1.165, 1.54) is 0 Å². The van der Waals surface area contributed by atoms with Crippen LogP contribution < -0.4 is 0 Å². The minimum atomic E-state index is -0.743. The Balaban J connectivity index is 2.44. The zero-order valence-electron chi connectivity index (χ0n) is 15.5. The number of phenols is 3. The van der Waals surface area contributed by atoms with Gasteiger partial charge >= 0.3 is 0 Å². The minimum absolute atomic E-state index is 0.0171. The van der Waals surface area contributed by atoms with E-state index in [0.29, 0.717) is 48.4 Å². The molecule has 0 aromatic heterocycles. The normalized spacial score (nSPS) is 11.2. The molecule has 0 aliphatic carbocycles. The molecule has 3 aromatic rings. The van der Waals surface area contributed by atoms with Gasteiger partial charge < -0.3 is 15.3 Å². The van der Waals surface area contributed by atoms with E-state index in [-0.39, 0.29) is 17.2 Å². The summed E-state index contributed by atoms with van der Waals surface area (Å²) < 4.78 is 0. The van der Waals surface area contributed by atoms with Gasteiger partial charge in [0.15, 0.2) is 0 Å². The summed E-state index contributed by atoms with van der Waals surface area (Å²) in [6.45, 7) is 5.19. The molecule has 0 aliphatic heterocycles. The summed E-state index contributed by atoms with van der Waals surface area (Å²) >= 11 is 18.8. The Morgan fingerprint density at radius 1 is 0.536 bits per heavy atom. The Morgan fingerprint density at radius 3 is 1.04 bits per heavy atom. The molecule has 3 N–H and O–H groups in total. The second-order valence-electron chi connectivity index (χ2n) is 6.91. The summed E-state index contributed by atoms with van der Waals surface area (Å²) in [5, 5.41) is 33.6. The maximum atomic E-state index is 10.8. The number of rotatable bonds is 3. The highest BCUT2D eigenvalue weighted by molar-refractivity contribution is 6.31. The van der Waals surface area contributed by atoms with Crippen molar-refractivity contribution >= 4 is 34.8 Å². The number of aromatic hydroxyl groups is 3. The molecule has 6 heteroatoms. The molecule has 0 saturated heterocycles. The lowest BCUT2D eigenvalue weighted by Crippen LogP contribution is -2.07. The van der Waals surface area contributed by atoms with Crippen molar-refractivity contribution in [3.8, 4) is 17.2 Å². The van der Waals surface area contributed by atoms with Gasteiger partial charge in [-0.25, -0.2) is 0 Å². The van der Waals surface area contributed by atoms with Crippen molar-refractivity contribution in [2.45, 2.75) is 26.7 Å². The molecule has 3 nitrogen and oxygen atoms in total. The molecule has 0 aliphatic rings. The number of hydrogen-bond acceptors (Lipinski definition) is 3. The second kappa shape index (κ2) is 7.75. The van der Waals surface area contributed by atoms with E-state index < -0.39 is 5.92 Å². The summed E-state index contributed by atoms with van der Waals surface area (Å²) in [4.78, 5) is 0. The lowest BCUT2D eigenvalue weighted by molar-refractivity contribution is 0.446. The highest BCUT2D eigenvalue weighted by Gasteiger charge is 2.28. The molecule has 0 bridgehead atoms. The zero-order chi connectivity index (χ0) is 20.7. The SMILES string of the molecule is Cc1cc(Cl)cc(C(c2cc(Cl)cc(C)c2O)c2cc(Cl)cc(C)c2O)c1O. The van der Waals surface area contributed by atoms with Crippen LogP contribution in [0.1, 0.15) is 39.3 Å². The fourth-order valence-electron chi connectivity index (χ4n) is 3.45. The van der Waals surface area contributed by atoms with Crippen LogP contribution in [0.5, 0.6) is 17.2 Å². The molecule has 28 heavy (non-hydrogen) atoms. The maximum Gasteiger partial charge on any atom is 0.122 e. The van der Waals surface area contributed by atoms with Gasteiger partial charge in [-0.2, -0.15) is 0 Å². The van der Waals surface area contributed by atoms with Crippen LogP contribution >= 0.6 is 34.8 Å². The Labute approximate surface area is 178 Å². The number of benzene rings is 3. The molecule has 0 heterocycles. The summed E-state index contributed by atoms with van der Waals surface area (Å²) in [6, 6.07) is 9.76. The average Bonchev–Trinajstić information content (AvgIpc) is 2.60. The number of aryl methyl sites for hydroxylation is 3. The van der Waals surface area contributed by atoms with E-state index >= 15 is 0 Å². The maximum absolute atomic E-state index is 10.8. The third-order valence-electron chi connectivity index (χ3n) is 4.82. The van der Waals surface area contributed by atoms with Gasteiger partial charge in [0, 0.05) is 37.7 Å². The van der Waals surface area contributed by atoms with Crippen molar-refractivity contribution in [2.75, 3.05) is 0 Å². The van der Waals surface area contributed by atoms with Gasteiger partial charge in [0.05, 0.1) is 0 Å². The van der Waals surface area contributed by atoms with Gasteiger partial charge in [-0.1, -0.05) is 34.8 Å². The highest BCUT2D eigenvalue weighted by Crippen LogP contribution is 2.47. The topological polar surface area (TPSA) is 60.7 Å². The van der Waals surface area contributed by atoms with Crippen LogP contribution in [0.2, 0.25) is 15.1 Å². The van der Waals surface area contributed by atoms with E-state index in [4.69, 9.17) is 34.8 Å². The third kappa shape index (κ3) is 3.75. The van der Waals surface area contributed by atoms with Gasteiger partial charge in [-0.3, -0.25) is 0 Å². The van der Waals surface area contributed by atoms with E-state index in [0.717, 1.165) is 0 Å². The fourth-order valence-corrected chi connectivity index (χ4v) is 4.29. The Bertz CT molecular complexity index is 941. The van der Waals surface area contributed by atoms with Crippen molar-refractivity contribution < 1.29 is 15.3 Å². The molecule has 3 aromatic carbocycles. The quantitative estimate of drug-likeness (QED) is 0.392. The average molecular weight is 438 g/mol. The molecule has 0 unspecified atom stereocenters. The lowest BCUT2D eigenvalue weighted by atomic mass is 9.81. The van der Waals surface area contributed by atoms with Crippen LogP contribution in [-0.2, 0) is 0 Å². The van der Waals surface area contributed by atoms with Crippen LogP contribution in [0.3, 0.4) is 0 Å². The van der Waals surface area contributed by atoms with Crippen molar-refractivity contribution in [1.82, 2.24) is 0 Å². The van der Waals surface area contributed by atoms with Crippen molar-refractivity contribution in [1.29, 1.82) is 0 Å². The second-order valence-corrected chi connectivity index (χ2v) is 8.22. The smallest absolute Gasteiger partial charge is 0.122 e. The van der Waals surface area contributed by atoms with Gasteiger partial charge in [0.2, 0.25) is 0 Å². The fraction of sp³-hybridized carbons (Fsp3) is 0.182. The van der Waals surface area contributed by atoms with Gasteiger partial charge in [-0.15, -0.1) is 0 Å². The number of halogens is 3. The first-order valence-electron chi connectivity index (χ1n) is 8.57. The summed E-state index contributed by atoms with van der Waals surface area (Å²) in [6.07, 6.45) is 0. The van der Waals surface area contributed by atoms with Gasteiger partial charge in [0.25, 0.3) is 0 Å². The molecule has 0 saturated carbocycles. The lowest BCUT2D eigenvalue weighted by Gasteiger charge is -2.24. The molecular weight excluding hydrogens is 419 g/mol. The predicted molar refractivity (Wildman–Crippen MR) is 115 cm³/mol. The van der Waals surface area contributed by atoms with E-state index in [9.17, 15) is 15.3 Å². The van der Waals surface area contributed by atoms with Gasteiger partial charge in [-0.05, 0) is 73.9 Å². The van der Waals surface area contributed by atoms with Crippen molar-refractivity contribution in [2.24, 2.45) is 0 Å². The van der Waals surface area contributed by atoms with Gasteiger partial charge in [0.1, 0.15) is 17.2 Å². The van der Waals surface area contributed by atoms with Crippen LogP contribution in [0.25, 0.3) is 0 Å². The molecule has 146 valence electrons. The van der Waals surface area contributed by atoms with E-state index in [2.05, 4.69) is 0 Å². The van der Waals surface area contributed by atoms with Crippen LogP contribution in [0, 0.1) is 20.8 Å². The molecule has 0 radical (unpaired) electrons. The summed E-state index contributed by atoms with van der Waals surface area (Å²) in [5.74, 6) is -0.692. The molecule has 0 fully saturated rings. The van der Waals surface area contributed by atoms with Crippen LogP contribution in [-0.4, -0.2) is 15.3 Å². The first kappa shape index (κ1) is 20.7. The monoisotopic (exact) mass is 436 g/mol. The van der Waals surface area contributed by atoms with E-state index in [1.807, 2.05) is 0 Å². The number of hydrogen-bond donors (Lipinski definition) is 3. The molecule has 3 rings (SSSR count). The zero-order valence-corrected chi connectivity index (χ0v) is 17.8. The van der Waals surface area contributed by atoms with Crippen LogP contribution in [0.15, 0.2) is 36.4 Å². The largest absolute Gasteiger partial charge is 0.507 e. The molecular formula is C22H19Cl3O3. The third-order valence-corrected chi connectivity index (χ3v) is 5.47. The first-order chi connectivity index (χ1) is 13.1. The molecule has 0 atom stereocenters. The summed E-state index contributed by atoms with van der Waals surface area (Å²) in [5.41, 5.74) is 3.01. The summed E-state index contributed by atoms with van der Waals surface area (Å²) in [7, 11) is 0. The predicted octanol–water partition coefficient (Wildman–Crippen LogP) is 6.87. The van der Waals surface area contributed by atoms with Crippen molar-refractivity contribution in [3.63, 3.8) is 0 Å².